The van der Waals surface area contributed by atoms with Gasteiger partial charge in [0.05, 0.1) is 24.8 Å². The Morgan fingerprint density at radius 2 is 2.11 bits per heavy atom. The van der Waals surface area contributed by atoms with Gasteiger partial charge in [-0.1, -0.05) is 0 Å². The van der Waals surface area contributed by atoms with Gasteiger partial charge in [0.1, 0.15) is 5.69 Å². The summed E-state index contributed by atoms with van der Waals surface area (Å²) in [5.74, 6) is -2.79. The van der Waals surface area contributed by atoms with Crippen LogP contribution in [-0.4, -0.2) is 52.6 Å². The fourth-order valence-electron chi connectivity index (χ4n) is 3.78. The van der Waals surface area contributed by atoms with Crippen LogP contribution in [-0.2, 0) is 5.60 Å². The molecule has 8 heteroatoms. The van der Waals surface area contributed by atoms with Crippen LogP contribution in [0.15, 0.2) is 12.1 Å². The lowest BCUT2D eigenvalue weighted by Crippen LogP contribution is -2.41. The smallest absolute Gasteiger partial charge is 0.273 e. The van der Waals surface area contributed by atoms with Crippen LogP contribution >= 0.6 is 0 Å². The van der Waals surface area contributed by atoms with E-state index in [4.69, 9.17) is 10.5 Å². The van der Waals surface area contributed by atoms with Crippen molar-refractivity contribution in [3.8, 4) is 5.88 Å². The van der Waals surface area contributed by atoms with Crippen molar-refractivity contribution in [1.29, 1.82) is 0 Å². The molecular formula is C19H25F2N3O3. The molecule has 0 radical (unpaired) electrons. The SMILES string of the molecule is NCC1CC(F)(F)CN1C(=O)c1ccc(C2(O)CCC2)c(OCC2CC2)n1. The predicted octanol–water partition coefficient (Wildman–Crippen LogP) is 2.05. The molecule has 3 aliphatic rings. The molecule has 1 amide bonds. The molecule has 1 aliphatic heterocycles. The Hall–Kier alpha value is -1.80. The van der Waals surface area contributed by atoms with Gasteiger partial charge in [-0.25, -0.2) is 13.8 Å². The Kier molecular flexibility index (Phi) is 4.58. The minimum absolute atomic E-state index is 0.0236. The average molecular weight is 381 g/mol. The van der Waals surface area contributed by atoms with Gasteiger partial charge in [-0.2, -0.15) is 0 Å². The summed E-state index contributed by atoms with van der Waals surface area (Å²) in [5.41, 5.74) is 5.22. The quantitative estimate of drug-likeness (QED) is 0.787. The number of nitrogens with two attached hydrogens (primary N) is 1. The van der Waals surface area contributed by atoms with E-state index in [-0.39, 0.29) is 18.1 Å². The Bertz CT molecular complexity index is 735. The summed E-state index contributed by atoms with van der Waals surface area (Å²) in [6.45, 7) is -0.190. The van der Waals surface area contributed by atoms with Crippen molar-refractivity contribution in [2.45, 2.75) is 56.1 Å². The lowest BCUT2D eigenvalue weighted by molar-refractivity contribution is -0.0414. The van der Waals surface area contributed by atoms with E-state index in [2.05, 4.69) is 4.98 Å². The zero-order valence-corrected chi connectivity index (χ0v) is 15.2. The summed E-state index contributed by atoms with van der Waals surface area (Å²) in [7, 11) is 0. The van der Waals surface area contributed by atoms with E-state index >= 15 is 0 Å². The zero-order chi connectivity index (χ0) is 19.2. The summed E-state index contributed by atoms with van der Waals surface area (Å²) >= 11 is 0. The van der Waals surface area contributed by atoms with Crippen LogP contribution in [0.1, 0.15) is 54.6 Å². The first-order valence-corrected chi connectivity index (χ1v) is 9.57. The fourth-order valence-corrected chi connectivity index (χ4v) is 3.78. The molecule has 2 heterocycles. The Balaban J connectivity index is 1.60. The molecule has 2 saturated carbocycles. The van der Waals surface area contributed by atoms with Gasteiger partial charge in [0, 0.05) is 18.5 Å². The number of carbonyl (C=O) groups is 1. The zero-order valence-electron chi connectivity index (χ0n) is 15.2. The topological polar surface area (TPSA) is 88.7 Å². The molecule has 1 unspecified atom stereocenters. The number of hydrogen-bond acceptors (Lipinski definition) is 5. The second kappa shape index (κ2) is 6.67. The number of hydrogen-bond donors (Lipinski definition) is 2. The van der Waals surface area contributed by atoms with Gasteiger partial charge in [0.25, 0.3) is 11.8 Å². The molecular weight excluding hydrogens is 356 g/mol. The Labute approximate surface area is 156 Å². The molecule has 0 spiro atoms. The highest BCUT2D eigenvalue weighted by atomic mass is 19.3. The summed E-state index contributed by atoms with van der Waals surface area (Å²) in [6, 6.07) is 2.43. The number of rotatable bonds is 6. The molecule has 27 heavy (non-hydrogen) atoms. The molecule has 1 aromatic heterocycles. The van der Waals surface area contributed by atoms with Crippen molar-refractivity contribution in [3.05, 3.63) is 23.4 Å². The van der Waals surface area contributed by atoms with Crippen molar-refractivity contribution in [2.24, 2.45) is 11.7 Å². The second-order valence-corrected chi connectivity index (χ2v) is 8.07. The standard InChI is InChI=1S/C19H25F2N3O3/c20-19(21)8-13(9-22)24(11-19)17(25)15-5-4-14(18(26)6-1-7-18)16(23-15)27-10-12-2-3-12/h4-5,12-13,26H,1-3,6-11,22H2. The summed E-state index contributed by atoms with van der Waals surface area (Å²) in [4.78, 5) is 18.2. The number of pyridine rings is 1. The summed E-state index contributed by atoms with van der Waals surface area (Å²) in [6.07, 6.45) is 3.92. The number of aromatic nitrogens is 1. The molecule has 1 saturated heterocycles. The van der Waals surface area contributed by atoms with Crippen LogP contribution in [0, 0.1) is 5.92 Å². The van der Waals surface area contributed by atoms with E-state index in [0.29, 0.717) is 30.9 Å². The first-order chi connectivity index (χ1) is 12.8. The second-order valence-electron chi connectivity index (χ2n) is 8.07. The molecule has 0 aromatic carbocycles. The normalized spacial score (nSPS) is 25.9. The first-order valence-electron chi connectivity index (χ1n) is 9.57. The van der Waals surface area contributed by atoms with Gasteiger partial charge >= 0.3 is 0 Å². The molecule has 0 bridgehead atoms. The van der Waals surface area contributed by atoms with Crippen LogP contribution in [0.25, 0.3) is 0 Å². The molecule has 4 rings (SSSR count). The van der Waals surface area contributed by atoms with Gasteiger partial charge in [-0.05, 0) is 50.2 Å². The Morgan fingerprint density at radius 1 is 1.37 bits per heavy atom. The molecule has 148 valence electrons. The molecule has 3 fully saturated rings. The maximum atomic E-state index is 13.7. The van der Waals surface area contributed by atoms with Crippen molar-refractivity contribution in [3.63, 3.8) is 0 Å². The highest BCUT2D eigenvalue weighted by Gasteiger charge is 2.47. The van der Waals surface area contributed by atoms with Crippen LogP contribution in [0.5, 0.6) is 5.88 Å². The van der Waals surface area contributed by atoms with Gasteiger partial charge in [-0.15, -0.1) is 0 Å². The molecule has 1 aromatic rings. The van der Waals surface area contributed by atoms with E-state index in [9.17, 15) is 18.7 Å². The van der Waals surface area contributed by atoms with Crippen molar-refractivity contribution in [2.75, 3.05) is 19.7 Å². The lowest BCUT2D eigenvalue weighted by atomic mass is 9.75. The summed E-state index contributed by atoms with van der Waals surface area (Å²) < 4.78 is 33.3. The third kappa shape index (κ3) is 3.65. The Morgan fingerprint density at radius 3 is 2.70 bits per heavy atom. The van der Waals surface area contributed by atoms with Crippen molar-refractivity contribution in [1.82, 2.24) is 9.88 Å². The molecule has 1 atom stereocenters. The minimum atomic E-state index is -2.94. The van der Waals surface area contributed by atoms with Crippen LogP contribution in [0.3, 0.4) is 0 Å². The average Bonchev–Trinajstić information content (AvgIpc) is 3.39. The summed E-state index contributed by atoms with van der Waals surface area (Å²) in [5, 5.41) is 10.7. The number of likely N-dealkylation sites (tertiary alicyclic amines) is 1. The number of alkyl halides is 2. The van der Waals surface area contributed by atoms with Gasteiger partial charge in [0.15, 0.2) is 0 Å². The number of ether oxygens (including phenoxy) is 1. The van der Waals surface area contributed by atoms with Gasteiger partial charge < -0.3 is 20.5 Å². The van der Waals surface area contributed by atoms with Crippen molar-refractivity contribution >= 4 is 5.91 Å². The number of carbonyl (C=O) groups excluding carboxylic acids is 1. The van der Waals surface area contributed by atoms with Gasteiger partial charge in [-0.3, -0.25) is 4.79 Å². The van der Waals surface area contributed by atoms with Crippen LogP contribution in [0.4, 0.5) is 8.78 Å². The fraction of sp³-hybridized carbons (Fsp3) is 0.684. The van der Waals surface area contributed by atoms with Crippen LogP contribution < -0.4 is 10.5 Å². The third-order valence-corrected chi connectivity index (χ3v) is 5.82. The molecule has 2 aliphatic carbocycles. The van der Waals surface area contributed by atoms with E-state index in [0.717, 1.165) is 24.2 Å². The highest BCUT2D eigenvalue weighted by Crippen LogP contribution is 2.45. The minimum Gasteiger partial charge on any atom is -0.477 e. The van der Waals surface area contributed by atoms with Crippen LogP contribution in [0.2, 0.25) is 0 Å². The molecule has 3 N–H and O–H groups in total. The predicted molar refractivity (Wildman–Crippen MR) is 93.6 cm³/mol. The number of halogens is 2. The number of amides is 1. The van der Waals surface area contributed by atoms with E-state index in [1.54, 1.807) is 6.07 Å². The maximum absolute atomic E-state index is 13.7. The van der Waals surface area contributed by atoms with E-state index in [1.807, 2.05) is 0 Å². The van der Waals surface area contributed by atoms with Crippen molar-refractivity contribution < 1.29 is 23.4 Å². The largest absolute Gasteiger partial charge is 0.477 e. The first kappa shape index (κ1) is 18.6. The van der Waals surface area contributed by atoms with E-state index in [1.165, 1.54) is 6.07 Å². The number of aliphatic hydroxyl groups is 1. The highest BCUT2D eigenvalue weighted by molar-refractivity contribution is 5.93. The monoisotopic (exact) mass is 381 g/mol. The van der Waals surface area contributed by atoms with Gasteiger partial charge in [0.2, 0.25) is 5.88 Å². The third-order valence-electron chi connectivity index (χ3n) is 5.82. The maximum Gasteiger partial charge on any atom is 0.273 e. The van der Waals surface area contributed by atoms with E-state index < -0.39 is 36.4 Å². The number of nitrogens with zero attached hydrogens (tertiary/aromatic N) is 2. The lowest BCUT2D eigenvalue weighted by Gasteiger charge is -2.37. The molecule has 6 nitrogen and oxygen atoms in total.